The van der Waals surface area contributed by atoms with Gasteiger partial charge in [0.2, 0.25) is 0 Å². The summed E-state index contributed by atoms with van der Waals surface area (Å²) < 4.78 is 0. The molecule has 0 saturated heterocycles. The lowest BCUT2D eigenvalue weighted by Crippen LogP contribution is -2.36. The van der Waals surface area contributed by atoms with Crippen LogP contribution in [0.4, 0.5) is 0 Å². The molecule has 0 aromatic carbocycles. The van der Waals surface area contributed by atoms with Gasteiger partial charge in [-0.1, -0.05) is 12.8 Å². The number of hydrogen-bond donors (Lipinski definition) is 4. The molecule has 0 bridgehead atoms. The van der Waals surface area contributed by atoms with Gasteiger partial charge in [-0.3, -0.25) is 10.2 Å². The summed E-state index contributed by atoms with van der Waals surface area (Å²) in [5.74, 6) is -1.18. The number of nitriles is 1. The average Bonchev–Trinajstić information content (AvgIpc) is 2.29. The molecule has 0 spiro atoms. The van der Waals surface area contributed by atoms with Crippen molar-refractivity contribution in [3.63, 3.8) is 0 Å². The van der Waals surface area contributed by atoms with Gasteiger partial charge in [-0.2, -0.15) is 5.26 Å². The molecule has 1 rings (SSSR count). The van der Waals surface area contributed by atoms with Crippen LogP contribution < -0.4 is 16.8 Å². The van der Waals surface area contributed by atoms with Gasteiger partial charge in [-0.05, 0) is 12.8 Å². The van der Waals surface area contributed by atoms with Crippen molar-refractivity contribution >= 4 is 11.7 Å². The minimum Gasteiger partial charge on any atom is -0.386 e. The van der Waals surface area contributed by atoms with Gasteiger partial charge in [0.1, 0.15) is 5.84 Å². The Labute approximate surface area is 100 Å². The van der Waals surface area contributed by atoms with Gasteiger partial charge in [0.05, 0.1) is 17.6 Å². The SMILES string of the molecule is N#C[C@H]1CCCCC1N/C=C(\C(=N)N)C(N)=O. The molecule has 6 N–H and O–H groups in total. The van der Waals surface area contributed by atoms with Gasteiger partial charge in [0.15, 0.2) is 0 Å². The zero-order valence-corrected chi connectivity index (χ0v) is 9.57. The largest absolute Gasteiger partial charge is 0.386 e. The molecule has 1 amide bonds. The number of nitrogens with zero attached hydrogens (tertiary/aromatic N) is 1. The first-order valence-corrected chi connectivity index (χ1v) is 5.56. The van der Waals surface area contributed by atoms with E-state index in [1.165, 1.54) is 6.20 Å². The first kappa shape index (κ1) is 13.0. The second kappa shape index (κ2) is 5.89. The summed E-state index contributed by atoms with van der Waals surface area (Å²) in [7, 11) is 0. The van der Waals surface area contributed by atoms with E-state index in [1.807, 2.05) is 0 Å². The highest BCUT2D eigenvalue weighted by Crippen LogP contribution is 2.23. The van der Waals surface area contributed by atoms with Crippen LogP contribution in [0.3, 0.4) is 0 Å². The fourth-order valence-electron chi connectivity index (χ4n) is 1.96. The minimum absolute atomic E-state index is 0.00227. The maximum atomic E-state index is 11.0. The summed E-state index contributed by atoms with van der Waals surface area (Å²) >= 11 is 0. The summed E-state index contributed by atoms with van der Waals surface area (Å²) in [6, 6.07) is 2.25. The molecular weight excluding hydrogens is 218 g/mol. The zero-order valence-electron chi connectivity index (χ0n) is 9.57. The van der Waals surface area contributed by atoms with Crippen molar-refractivity contribution in [2.75, 3.05) is 0 Å². The molecule has 1 fully saturated rings. The number of amides is 1. The Kier molecular flexibility index (Phi) is 4.52. The molecule has 0 radical (unpaired) electrons. The second-order valence-electron chi connectivity index (χ2n) is 4.13. The summed E-state index contributed by atoms with van der Waals surface area (Å²) in [6.45, 7) is 0. The highest BCUT2D eigenvalue weighted by Gasteiger charge is 2.24. The molecule has 6 nitrogen and oxygen atoms in total. The van der Waals surface area contributed by atoms with Crippen molar-refractivity contribution in [1.82, 2.24) is 5.32 Å². The smallest absolute Gasteiger partial charge is 0.253 e. The first-order chi connectivity index (χ1) is 8.06. The van der Waals surface area contributed by atoms with E-state index in [2.05, 4.69) is 11.4 Å². The van der Waals surface area contributed by atoms with Crippen LogP contribution in [0.2, 0.25) is 0 Å². The van der Waals surface area contributed by atoms with E-state index in [0.29, 0.717) is 0 Å². The molecule has 0 aromatic heterocycles. The van der Waals surface area contributed by atoms with E-state index in [1.54, 1.807) is 0 Å². The van der Waals surface area contributed by atoms with Crippen molar-refractivity contribution in [2.45, 2.75) is 31.7 Å². The Morgan fingerprint density at radius 2 is 2.06 bits per heavy atom. The van der Waals surface area contributed by atoms with E-state index < -0.39 is 5.91 Å². The van der Waals surface area contributed by atoms with Gasteiger partial charge < -0.3 is 16.8 Å². The van der Waals surface area contributed by atoms with Gasteiger partial charge in [-0.25, -0.2) is 0 Å². The van der Waals surface area contributed by atoms with Gasteiger partial charge in [0.25, 0.3) is 5.91 Å². The molecule has 0 aliphatic heterocycles. The van der Waals surface area contributed by atoms with E-state index in [0.717, 1.165) is 25.7 Å². The zero-order chi connectivity index (χ0) is 12.8. The van der Waals surface area contributed by atoms with Crippen LogP contribution in [0.1, 0.15) is 25.7 Å². The Morgan fingerprint density at radius 3 is 2.59 bits per heavy atom. The number of nitrogens with one attached hydrogen (secondary N) is 2. The first-order valence-electron chi connectivity index (χ1n) is 5.56. The molecular formula is C11H17N5O. The van der Waals surface area contributed by atoms with Crippen LogP contribution in [0, 0.1) is 22.7 Å². The number of carbonyl (C=O) groups is 1. The summed E-state index contributed by atoms with van der Waals surface area (Å²) in [4.78, 5) is 11.0. The van der Waals surface area contributed by atoms with Crippen molar-refractivity contribution in [3.8, 4) is 6.07 Å². The number of carbonyl (C=O) groups excluding carboxylic acids is 1. The van der Waals surface area contributed by atoms with E-state index in [-0.39, 0.29) is 23.4 Å². The second-order valence-corrected chi connectivity index (χ2v) is 4.13. The molecule has 17 heavy (non-hydrogen) atoms. The molecule has 1 aliphatic carbocycles. The predicted octanol–water partition coefficient (Wildman–Crippen LogP) is -0.0364. The number of nitrogens with two attached hydrogens (primary N) is 2. The van der Waals surface area contributed by atoms with Gasteiger partial charge >= 0.3 is 0 Å². The van der Waals surface area contributed by atoms with Crippen LogP contribution in [0.5, 0.6) is 0 Å². The number of primary amides is 1. The lowest BCUT2D eigenvalue weighted by molar-refractivity contribution is -0.114. The normalized spacial score (nSPS) is 24.8. The lowest BCUT2D eigenvalue weighted by Gasteiger charge is -2.27. The van der Waals surface area contributed by atoms with Gasteiger partial charge in [-0.15, -0.1) is 0 Å². The third-order valence-electron chi connectivity index (χ3n) is 2.93. The molecule has 1 saturated carbocycles. The maximum Gasteiger partial charge on any atom is 0.253 e. The molecule has 1 unspecified atom stereocenters. The maximum absolute atomic E-state index is 11.0. The third-order valence-corrected chi connectivity index (χ3v) is 2.93. The van der Waals surface area contributed by atoms with Crippen LogP contribution in [0.25, 0.3) is 0 Å². The Balaban J connectivity index is 2.70. The van der Waals surface area contributed by atoms with E-state index in [9.17, 15) is 4.79 Å². The summed E-state index contributed by atoms with van der Waals surface area (Å²) in [6.07, 6.45) is 5.18. The Hall–Kier alpha value is -2.03. The fourth-order valence-corrected chi connectivity index (χ4v) is 1.96. The minimum atomic E-state index is -0.741. The quantitative estimate of drug-likeness (QED) is 0.309. The summed E-state index contributed by atoms with van der Waals surface area (Å²) in [5, 5.41) is 19.2. The highest BCUT2D eigenvalue weighted by molar-refractivity contribution is 6.18. The standard InChI is InChI=1S/C11H17N5O/c12-5-7-3-1-2-4-9(7)16-6-8(10(13)14)11(15)17/h6-7,9,16H,1-4H2,(H3,13,14)(H2,15,17)/b8-6+/t7-,9?/m1/s1. The average molecular weight is 235 g/mol. The van der Waals surface area contributed by atoms with E-state index >= 15 is 0 Å². The Bertz CT molecular complexity index is 366. The lowest BCUT2D eigenvalue weighted by atomic mass is 9.85. The molecule has 0 heterocycles. The van der Waals surface area contributed by atoms with Crippen LogP contribution >= 0.6 is 0 Å². The van der Waals surface area contributed by atoms with Gasteiger partial charge in [0, 0.05) is 12.2 Å². The molecule has 92 valence electrons. The van der Waals surface area contributed by atoms with Crippen LogP contribution in [-0.2, 0) is 4.79 Å². The fraction of sp³-hybridized carbons (Fsp3) is 0.545. The van der Waals surface area contributed by atoms with Crippen molar-refractivity contribution in [3.05, 3.63) is 11.8 Å². The Morgan fingerprint density at radius 1 is 1.41 bits per heavy atom. The highest BCUT2D eigenvalue weighted by atomic mass is 16.1. The van der Waals surface area contributed by atoms with Crippen LogP contribution in [-0.4, -0.2) is 17.8 Å². The molecule has 1 aliphatic rings. The monoisotopic (exact) mass is 235 g/mol. The van der Waals surface area contributed by atoms with Crippen LogP contribution in [0.15, 0.2) is 11.8 Å². The molecule has 6 heteroatoms. The number of rotatable bonds is 4. The summed E-state index contributed by atoms with van der Waals surface area (Å²) in [5.41, 5.74) is 10.3. The number of hydrogen-bond acceptors (Lipinski definition) is 4. The van der Waals surface area contributed by atoms with Crippen molar-refractivity contribution in [2.24, 2.45) is 17.4 Å². The molecule has 2 atom stereocenters. The van der Waals surface area contributed by atoms with Crippen molar-refractivity contribution < 1.29 is 4.79 Å². The topological polar surface area (TPSA) is 129 Å². The molecule has 0 aromatic rings. The van der Waals surface area contributed by atoms with Crippen molar-refractivity contribution in [1.29, 1.82) is 10.7 Å². The predicted molar refractivity (Wildman–Crippen MR) is 63.7 cm³/mol. The van der Waals surface area contributed by atoms with E-state index in [4.69, 9.17) is 22.1 Å². The third kappa shape index (κ3) is 3.48. The number of amidine groups is 1.